The van der Waals surface area contributed by atoms with Crippen molar-refractivity contribution in [3.8, 4) is 23.3 Å². The first kappa shape index (κ1) is 26.6. The number of benzene rings is 3. The Morgan fingerprint density at radius 2 is 1.77 bits per heavy atom. The summed E-state index contributed by atoms with van der Waals surface area (Å²) in [6.45, 7) is 5.15. The van der Waals surface area contributed by atoms with Gasteiger partial charge in [-0.05, 0) is 90.5 Å². The van der Waals surface area contributed by atoms with Gasteiger partial charge in [-0.1, -0.05) is 34.1 Å². The molecule has 0 saturated heterocycles. The molecular weight excluding hydrogens is 623 g/mol. The van der Waals surface area contributed by atoms with Gasteiger partial charge < -0.3 is 19.5 Å². The van der Waals surface area contributed by atoms with E-state index in [4.69, 9.17) is 14.2 Å². The van der Waals surface area contributed by atoms with E-state index in [1.165, 1.54) is 6.08 Å². The van der Waals surface area contributed by atoms with E-state index in [1.807, 2.05) is 50.2 Å². The molecule has 8 heteroatoms. The van der Waals surface area contributed by atoms with Crippen LogP contribution in [-0.2, 0) is 11.4 Å². The minimum Gasteiger partial charge on any atom is -0.494 e. The predicted octanol–water partition coefficient (Wildman–Crippen LogP) is 6.98. The van der Waals surface area contributed by atoms with Crippen molar-refractivity contribution >= 4 is 56.2 Å². The second-order valence-electron chi connectivity index (χ2n) is 7.22. The molecule has 0 bridgehead atoms. The van der Waals surface area contributed by atoms with E-state index in [0.29, 0.717) is 48.3 Å². The molecule has 0 aromatic heterocycles. The highest BCUT2D eigenvalue weighted by Crippen LogP contribution is 2.36. The molecule has 0 unspecified atom stereocenters. The van der Waals surface area contributed by atoms with Gasteiger partial charge in [-0.15, -0.1) is 0 Å². The average molecular weight is 647 g/mol. The van der Waals surface area contributed by atoms with Gasteiger partial charge in [0.2, 0.25) is 0 Å². The van der Waals surface area contributed by atoms with Crippen LogP contribution in [0.1, 0.15) is 25.0 Å². The zero-order valence-corrected chi connectivity index (χ0v) is 23.1. The Morgan fingerprint density at radius 1 is 1.06 bits per heavy atom. The lowest BCUT2D eigenvalue weighted by atomic mass is 10.1. The molecule has 3 rings (SSSR count). The van der Waals surface area contributed by atoms with Crippen LogP contribution in [0.5, 0.6) is 17.2 Å². The van der Waals surface area contributed by atoms with E-state index in [0.717, 1.165) is 13.6 Å². The van der Waals surface area contributed by atoms with E-state index in [9.17, 15) is 10.1 Å². The molecule has 1 N–H and O–H groups in total. The van der Waals surface area contributed by atoms with Crippen LogP contribution in [-0.4, -0.2) is 19.1 Å². The maximum absolute atomic E-state index is 12.7. The van der Waals surface area contributed by atoms with Crippen molar-refractivity contribution in [1.82, 2.24) is 0 Å². The number of rotatable bonds is 10. The van der Waals surface area contributed by atoms with E-state index >= 15 is 0 Å². The number of hydrogen-bond acceptors (Lipinski definition) is 5. The molecule has 0 spiro atoms. The fourth-order valence-electron chi connectivity index (χ4n) is 3.15. The van der Waals surface area contributed by atoms with Crippen LogP contribution in [0.2, 0.25) is 0 Å². The molecule has 6 nitrogen and oxygen atoms in total. The van der Waals surface area contributed by atoms with Gasteiger partial charge in [-0.2, -0.15) is 5.26 Å². The maximum Gasteiger partial charge on any atom is 0.266 e. The summed E-state index contributed by atoms with van der Waals surface area (Å²) in [7, 11) is 0. The summed E-state index contributed by atoms with van der Waals surface area (Å²) in [6, 6.07) is 20.4. The Balaban J connectivity index is 1.81. The smallest absolute Gasteiger partial charge is 0.266 e. The molecule has 0 aliphatic heterocycles. The third-order valence-corrected chi connectivity index (χ3v) is 6.34. The minimum atomic E-state index is -0.501. The van der Waals surface area contributed by atoms with Crippen LogP contribution in [0.3, 0.4) is 0 Å². The number of amides is 1. The molecular formula is C27H24BrIN2O4. The molecule has 0 heterocycles. The molecule has 0 aliphatic carbocycles. The first-order chi connectivity index (χ1) is 16.9. The van der Waals surface area contributed by atoms with E-state index < -0.39 is 5.91 Å². The summed E-state index contributed by atoms with van der Waals surface area (Å²) in [6.07, 6.45) is 1.53. The Morgan fingerprint density at radius 3 is 2.43 bits per heavy atom. The van der Waals surface area contributed by atoms with Gasteiger partial charge in [0.15, 0.2) is 11.5 Å². The molecule has 3 aromatic rings. The van der Waals surface area contributed by atoms with Gasteiger partial charge in [0.05, 0.1) is 16.8 Å². The number of nitrogens with zero attached hydrogens (tertiary/aromatic N) is 1. The quantitative estimate of drug-likeness (QED) is 0.146. The van der Waals surface area contributed by atoms with Crippen LogP contribution in [0.25, 0.3) is 6.08 Å². The summed E-state index contributed by atoms with van der Waals surface area (Å²) in [5, 5.41) is 12.4. The molecule has 0 atom stereocenters. The molecule has 180 valence electrons. The second kappa shape index (κ2) is 13.2. The Bertz CT molecular complexity index is 1250. The molecule has 35 heavy (non-hydrogen) atoms. The van der Waals surface area contributed by atoms with Gasteiger partial charge >= 0.3 is 0 Å². The lowest BCUT2D eigenvalue weighted by Gasteiger charge is -2.15. The number of carbonyl (C=O) groups excluding carboxylic acids is 1. The normalized spacial score (nSPS) is 10.9. The highest BCUT2D eigenvalue weighted by Gasteiger charge is 2.15. The highest BCUT2D eigenvalue weighted by molar-refractivity contribution is 14.1. The third kappa shape index (κ3) is 7.47. The average Bonchev–Trinajstić information content (AvgIpc) is 2.84. The Kier molecular flexibility index (Phi) is 9.99. The van der Waals surface area contributed by atoms with Crippen LogP contribution < -0.4 is 19.5 Å². The number of ether oxygens (including phenoxy) is 3. The minimum absolute atomic E-state index is 0.0287. The second-order valence-corrected chi connectivity index (χ2v) is 9.24. The van der Waals surface area contributed by atoms with Gasteiger partial charge in [0.1, 0.15) is 24.0 Å². The van der Waals surface area contributed by atoms with Gasteiger partial charge in [-0.3, -0.25) is 4.79 Å². The SMILES string of the molecule is CCOc1ccc(NC(=O)/C(C#N)=C/c2cc(I)c(OCc3ccccc3Br)c(OCC)c2)cc1. The summed E-state index contributed by atoms with van der Waals surface area (Å²) < 4.78 is 19.1. The van der Waals surface area contributed by atoms with Crippen LogP contribution in [0.4, 0.5) is 5.69 Å². The summed E-state index contributed by atoms with van der Waals surface area (Å²) in [4.78, 5) is 12.7. The van der Waals surface area contributed by atoms with Gasteiger partial charge in [0.25, 0.3) is 5.91 Å². The molecule has 3 aromatic carbocycles. The maximum atomic E-state index is 12.7. The molecule has 0 saturated carbocycles. The van der Waals surface area contributed by atoms with Crippen molar-refractivity contribution in [2.24, 2.45) is 0 Å². The zero-order chi connectivity index (χ0) is 25.2. The van der Waals surface area contributed by atoms with Crippen LogP contribution in [0.15, 0.2) is 70.7 Å². The number of nitriles is 1. The lowest BCUT2D eigenvalue weighted by molar-refractivity contribution is -0.112. The summed E-state index contributed by atoms with van der Waals surface area (Å²) in [5.41, 5.74) is 2.20. The van der Waals surface area contributed by atoms with E-state index in [2.05, 4.69) is 43.8 Å². The predicted molar refractivity (Wildman–Crippen MR) is 149 cm³/mol. The monoisotopic (exact) mass is 646 g/mol. The van der Waals surface area contributed by atoms with Crippen molar-refractivity contribution in [3.05, 3.63) is 85.4 Å². The van der Waals surface area contributed by atoms with Crippen molar-refractivity contribution in [2.75, 3.05) is 18.5 Å². The van der Waals surface area contributed by atoms with Crippen molar-refractivity contribution in [2.45, 2.75) is 20.5 Å². The lowest BCUT2D eigenvalue weighted by Crippen LogP contribution is -2.13. The first-order valence-corrected chi connectivity index (χ1v) is 12.8. The number of nitrogens with one attached hydrogen (secondary N) is 1. The van der Waals surface area contributed by atoms with Gasteiger partial charge in [-0.25, -0.2) is 0 Å². The van der Waals surface area contributed by atoms with Crippen LogP contribution >= 0.6 is 38.5 Å². The fourth-order valence-corrected chi connectivity index (χ4v) is 4.33. The van der Waals surface area contributed by atoms with Crippen molar-refractivity contribution in [1.29, 1.82) is 5.26 Å². The standard InChI is InChI=1S/C27H24BrIN2O4/c1-3-33-22-11-9-21(10-12-22)31-27(32)20(16-30)13-18-14-24(29)26(25(15-18)34-4-2)35-17-19-7-5-6-8-23(19)28/h5-15H,3-4,17H2,1-2H3,(H,31,32)/b20-13+. The first-order valence-electron chi connectivity index (χ1n) is 10.9. The number of hydrogen-bond donors (Lipinski definition) is 1. The molecule has 1 amide bonds. The zero-order valence-electron chi connectivity index (χ0n) is 19.3. The Labute approximate surface area is 227 Å². The third-order valence-electron chi connectivity index (χ3n) is 4.76. The van der Waals surface area contributed by atoms with E-state index in [-0.39, 0.29) is 5.57 Å². The van der Waals surface area contributed by atoms with Crippen molar-refractivity contribution in [3.63, 3.8) is 0 Å². The van der Waals surface area contributed by atoms with Crippen LogP contribution in [0, 0.1) is 14.9 Å². The molecule has 0 radical (unpaired) electrons. The number of carbonyl (C=O) groups is 1. The molecule has 0 fully saturated rings. The number of halogens is 2. The fraction of sp³-hybridized carbons (Fsp3) is 0.185. The highest BCUT2D eigenvalue weighted by atomic mass is 127. The largest absolute Gasteiger partial charge is 0.494 e. The Hall–Kier alpha value is -3.03. The number of anilines is 1. The summed E-state index contributed by atoms with van der Waals surface area (Å²) in [5.74, 6) is 1.36. The summed E-state index contributed by atoms with van der Waals surface area (Å²) >= 11 is 5.70. The van der Waals surface area contributed by atoms with Crippen molar-refractivity contribution < 1.29 is 19.0 Å². The molecule has 0 aliphatic rings. The van der Waals surface area contributed by atoms with E-state index in [1.54, 1.807) is 30.3 Å². The topological polar surface area (TPSA) is 80.6 Å². The van der Waals surface area contributed by atoms with Gasteiger partial charge in [0, 0.05) is 15.7 Å².